The van der Waals surface area contributed by atoms with Gasteiger partial charge < -0.3 is 19.3 Å². The number of anilines is 6. The Hall–Kier alpha value is -4.68. The quantitative estimate of drug-likeness (QED) is 0.163. The first kappa shape index (κ1) is 38.8. The molecular formula is C52H59BN2O2S. The molecule has 6 aromatic rings. The lowest BCUT2D eigenvalue weighted by molar-refractivity contribution is 0.296. The monoisotopic (exact) mass is 786 g/mol. The Morgan fingerprint density at radius 1 is 0.569 bits per heavy atom. The van der Waals surface area contributed by atoms with E-state index in [-0.39, 0.29) is 23.0 Å². The van der Waals surface area contributed by atoms with Gasteiger partial charge in [-0.3, -0.25) is 0 Å². The predicted octanol–water partition coefficient (Wildman–Crippen LogP) is 12.6. The fourth-order valence-corrected chi connectivity index (χ4v) is 11.0. The van der Waals surface area contributed by atoms with E-state index < -0.39 is 0 Å². The molecule has 3 aliphatic rings. The van der Waals surface area contributed by atoms with Gasteiger partial charge in [0.1, 0.15) is 0 Å². The maximum absolute atomic E-state index is 6.51. The lowest BCUT2D eigenvalue weighted by Gasteiger charge is -2.45. The molecule has 6 heteroatoms. The van der Waals surface area contributed by atoms with Crippen LogP contribution in [0.2, 0.25) is 0 Å². The summed E-state index contributed by atoms with van der Waals surface area (Å²) in [7, 11) is 0. The van der Waals surface area contributed by atoms with Crippen LogP contribution in [0.1, 0.15) is 113 Å². The number of benzene rings is 5. The van der Waals surface area contributed by atoms with Gasteiger partial charge in [0.15, 0.2) is 11.5 Å². The van der Waals surface area contributed by atoms with Crippen molar-refractivity contribution in [1.29, 1.82) is 0 Å². The van der Waals surface area contributed by atoms with Crippen LogP contribution in [0, 0.1) is 34.6 Å². The number of thiophene rings is 1. The number of rotatable bonds is 2. The molecule has 5 aromatic carbocycles. The Bertz CT molecular complexity index is 2660. The molecule has 0 saturated carbocycles. The van der Waals surface area contributed by atoms with E-state index in [1.165, 1.54) is 98.9 Å². The molecule has 0 aliphatic carbocycles. The highest BCUT2D eigenvalue weighted by Crippen LogP contribution is 2.52. The minimum absolute atomic E-state index is 0.0142. The maximum Gasteiger partial charge on any atom is 0.254 e. The van der Waals surface area contributed by atoms with Crippen LogP contribution >= 0.6 is 11.3 Å². The van der Waals surface area contributed by atoms with Crippen molar-refractivity contribution in [3.8, 4) is 11.5 Å². The number of nitrogens with zero attached hydrogens (tertiary/aromatic N) is 2. The van der Waals surface area contributed by atoms with Gasteiger partial charge in [0.2, 0.25) is 0 Å². The first-order chi connectivity index (χ1) is 27.2. The number of ether oxygens (including phenoxy) is 2. The maximum atomic E-state index is 6.51. The summed E-state index contributed by atoms with van der Waals surface area (Å²) in [6, 6.07) is 26.5. The van der Waals surface area contributed by atoms with Crippen LogP contribution in [0.5, 0.6) is 11.5 Å². The van der Waals surface area contributed by atoms with Gasteiger partial charge in [-0.1, -0.05) is 98.7 Å². The van der Waals surface area contributed by atoms with E-state index in [9.17, 15) is 0 Å². The van der Waals surface area contributed by atoms with E-state index in [0.29, 0.717) is 13.2 Å². The van der Waals surface area contributed by atoms with Gasteiger partial charge in [-0.05, 0) is 142 Å². The summed E-state index contributed by atoms with van der Waals surface area (Å²) in [5.74, 6) is 1.71. The third kappa shape index (κ3) is 5.99. The third-order valence-corrected chi connectivity index (χ3v) is 14.0. The van der Waals surface area contributed by atoms with Crippen LogP contribution < -0.4 is 35.7 Å². The lowest BCUT2D eigenvalue weighted by Crippen LogP contribution is -2.61. The van der Waals surface area contributed by atoms with E-state index in [1.807, 2.05) is 11.3 Å². The van der Waals surface area contributed by atoms with Crippen molar-refractivity contribution >= 4 is 78.0 Å². The Morgan fingerprint density at radius 3 is 1.81 bits per heavy atom. The molecule has 0 spiro atoms. The predicted molar refractivity (Wildman–Crippen MR) is 251 cm³/mol. The molecule has 0 saturated heterocycles. The molecule has 4 heterocycles. The molecule has 9 rings (SSSR count). The van der Waals surface area contributed by atoms with Crippen LogP contribution in [-0.4, -0.2) is 19.9 Å². The summed E-state index contributed by atoms with van der Waals surface area (Å²) >= 11 is 1.95. The van der Waals surface area contributed by atoms with E-state index in [4.69, 9.17) is 9.47 Å². The summed E-state index contributed by atoms with van der Waals surface area (Å²) < 4.78 is 14.1. The summed E-state index contributed by atoms with van der Waals surface area (Å²) in [4.78, 5) is 5.23. The Kier molecular flexibility index (Phi) is 8.81. The van der Waals surface area contributed by atoms with E-state index >= 15 is 0 Å². The molecule has 0 fully saturated rings. The first-order valence-electron chi connectivity index (χ1n) is 21.2. The zero-order chi connectivity index (χ0) is 41.4. The minimum atomic E-state index is -0.0278. The summed E-state index contributed by atoms with van der Waals surface area (Å²) in [5, 5.41) is 2.69. The van der Waals surface area contributed by atoms with Crippen LogP contribution in [0.25, 0.3) is 10.1 Å². The fraction of sp³-hybridized carbons (Fsp3) is 0.385. The molecule has 1 aromatic heterocycles. The number of hydrogen-bond acceptors (Lipinski definition) is 5. The molecule has 0 unspecified atom stereocenters. The fourth-order valence-electron chi connectivity index (χ4n) is 9.76. The average molecular weight is 787 g/mol. The smallest absolute Gasteiger partial charge is 0.254 e. The van der Waals surface area contributed by atoms with Crippen molar-refractivity contribution in [3.05, 3.63) is 111 Å². The van der Waals surface area contributed by atoms with Gasteiger partial charge in [0.25, 0.3) is 6.71 Å². The summed E-state index contributed by atoms with van der Waals surface area (Å²) in [6.45, 7) is 33.7. The van der Waals surface area contributed by atoms with Crippen molar-refractivity contribution in [3.63, 3.8) is 0 Å². The lowest BCUT2D eigenvalue weighted by atomic mass is 9.33. The van der Waals surface area contributed by atoms with E-state index in [0.717, 1.165) is 23.5 Å². The molecule has 0 radical (unpaired) electrons. The van der Waals surface area contributed by atoms with E-state index in [1.54, 1.807) is 0 Å². The highest BCUT2D eigenvalue weighted by Gasteiger charge is 2.47. The van der Waals surface area contributed by atoms with Gasteiger partial charge in [-0.25, -0.2) is 0 Å². The number of aryl methyl sites for hydroxylation is 4. The Balaban J connectivity index is 1.44. The molecule has 0 N–H and O–H groups in total. The van der Waals surface area contributed by atoms with Crippen LogP contribution in [0.15, 0.2) is 66.7 Å². The Labute approximate surface area is 351 Å². The molecule has 4 nitrogen and oxygen atoms in total. The first-order valence-corrected chi connectivity index (χ1v) is 22.0. The molecule has 298 valence electrons. The second-order valence-corrected chi connectivity index (χ2v) is 21.4. The minimum Gasteiger partial charge on any atom is -0.490 e. The van der Waals surface area contributed by atoms with Gasteiger partial charge >= 0.3 is 0 Å². The standard InChI is InChI=1S/C52H59BN2O2S/c1-29-22-40-45-41(23-29)55(46-30(2)24-36(25-31(46)3)52(12,13)14)49-44(37-27-34(50(6,7)8)17-19-43(37)58-49)53(45)38-28-35(51(9,10)11)16-18-39(38)54(40)47-32(4)26-42-48(33(47)5)57-21-15-20-56-42/h16-19,22-28H,15,20-21H2,1-14H3. The molecular weight excluding hydrogens is 727 g/mol. The van der Waals surface area contributed by atoms with Crippen molar-refractivity contribution in [2.24, 2.45) is 0 Å². The zero-order valence-electron chi connectivity index (χ0n) is 37.2. The second-order valence-electron chi connectivity index (χ2n) is 20.4. The van der Waals surface area contributed by atoms with Crippen molar-refractivity contribution in [1.82, 2.24) is 0 Å². The largest absolute Gasteiger partial charge is 0.490 e. The Morgan fingerprint density at radius 2 is 1.16 bits per heavy atom. The van der Waals surface area contributed by atoms with Crippen LogP contribution in [0.4, 0.5) is 33.4 Å². The number of fused-ring (bicyclic) bond motifs is 7. The topological polar surface area (TPSA) is 24.9 Å². The molecule has 0 amide bonds. The van der Waals surface area contributed by atoms with Crippen molar-refractivity contribution < 1.29 is 9.47 Å². The van der Waals surface area contributed by atoms with Gasteiger partial charge in [0, 0.05) is 33.7 Å². The van der Waals surface area contributed by atoms with Crippen molar-refractivity contribution in [2.75, 3.05) is 23.0 Å². The summed E-state index contributed by atoms with van der Waals surface area (Å²) in [6.07, 6.45) is 0.872. The number of hydrogen-bond donors (Lipinski definition) is 0. The van der Waals surface area contributed by atoms with Crippen molar-refractivity contribution in [2.45, 2.75) is 120 Å². The molecule has 0 atom stereocenters. The van der Waals surface area contributed by atoms with Gasteiger partial charge in [-0.2, -0.15) is 0 Å². The normalized spacial score (nSPS) is 15.0. The van der Waals surface area contributed by atoms with Gasteiger partial charge in [-0.15, -0.1) is 11.3 Å². The second kappa shape index (κ2) is 13.2. The van der Waals surface area contributed by atoms with Crippen LogP contribution in [0.3, 0.4) is 0 Å². The molecule has 58 heavy (non-hydrogen) atoms. The highest BCUT2D eigenvalue weighted by molar-refractivity contribution is 7.26. The third-order valence-electron chi connectivity index (χ3n) is 12.8. The van der Waals surface area contributed by atoms with Crippen LogP contribution in [-0.2, 0) is 16.2 Å². The average Bonchev–Trinajstić information content (AvgIpc) is 3.34. The molecule has 3 aliphatic heterocycles. The highest BCUT2D eigenvalue weighted by atomic mass is 32.1. The SMILES string of the molecule is Cc1cc2c3c(c1)N(c1c(C)cc(C(C)(C)C)cc1C)c1sc4ccc(C(C)(C)C)cc4c1B3c1cc(C(C)(C)C)ccc1N2c1c(C)cc2c(c1C)OCCCO2. The molecule has 0 bridgehead atoms. The zero-order valence-corrected chi connectivity index (χ0v) is 38.0. The van der Waals surface area contributed by atoms with Gasteiger partial charge in [0.05, 0.1) is 29.6 Å². The summed E-state index contributed by atoms with van der Waals surface area (Å²) in [5.41, 5.74) is 20.6. The van der Waals surface area contributed by atoms with E-state index in [2.05, 4.69) is 173 Å².